The summed E-state index contributed by atoms with van der Waals surface area (Å²) in [6, 6.07) is 6.16. The quantitative estimate of drug-likeness (QED) is 0.867. The van der Waals surface area contributed by atoms with E-state index in [1.54, 1.807) is 25.1 Å². The lowest BCUT2D eigenvalue weighted by Gasteiger charge is -2.24. The normalized spacial score (nSPS) is 24.5. The van der Waals surface area contributed by atoms with Gasteiger partial charge in [0.25, 0.3) is 5.91 Å². The van der Waals surface area contributed by atoms with Gasteiger partial charge in [0.1, 0.15) is 11.3 Å². The molecule has 7 heteroatoms. The van der Waals surface area contributed by atoms with E-state index in [4.69, 9.17) is 0 Å². The highest BCUT2D eigenvalue weighted by Gasteiger charge is 2.44. The minimum Gasteiger partial charge on any atom is -0.434 e. The van der Waals surface area contributed by atoms with Crippen molar-refractivity contribution in [2.45, 2.75) is 19.1 Å². The second kappa shape index (κ2) is 4.83. The lowest BCUT2D eigenvalue weighted by atomic mass is 9.91. The standard InChI is InChI=1S/C12H13F2N3O2/c1-12(9(18)16-11(15-2)17-12)7-5-3-4-6-8(7)19-10(13)14/h3-6,10H,1-2H3,(H2,15,16,17,18). The lowest BCUT2D eigenvalue weighted by Crippen LogP contribution is -2.41. The molecule has 1 unspecified atom stereocenters. The van der Waals surface area contributed by atoms with Gasteiger partial charge in [-0.3, -0.25) is 15.1 Å². The summed E-state index contributed by atoms with van der Waals surface area (Å²) in [7, 11) is 1.51. The molecule has 1 aromatic carbocycles. The number of halogens is 2. The van der Waals surface area contributed by atoms with E-state index in [0.717, 1.165) is 0 Å². The van der Waals surface area contributed by atoms with E-state index in [1.165, 1.54) is 13.1 Å². The van der Waals surface area contributed by atoms with Gasteiger partial charge in [-0.15, -0.1) is 0 Å². The first kappa shape index (κ1) is 13.3. The maximum atomic E-state index is 12.4. The van der Waals surface area contributed by atoms with Crippen LogP contribution >= 0.6 is 0 Å². The van der Waals surface area contributed by atoms with Crippen LogP contribution in [-0.2, 0) is 10.3 Å². The molecule has 102 valence electrons. The number of ether oxygens (including phenoxy) is 1. The second-order valence-electron chi connectivity index (χ2n) is 4.15. The zero-order valence-electron chi connectivity index (χ0n) is 10.4. The van der Waals surface area contributed by atoms with E-state index < -0.39 is 12.2 Å². The number of amides is 1. The van der Waals surface area contributed by atoms with E-state index in [2.05, 4.69) is 20.4 Å². The molecule has 0 saturated carbocycles. The van der Waals surface area contributed by atoms with Crippen molar-refractivity contribution in [3.8, 4) is 5.75 Å². The van der Waals surface area contributed by atoms with E-state index in [9.17, 15) is 13.6 Å². The Kier molecular flexibility index (Phi) is 3.37. The van der Waals surface area contributed by atoms with Crippen LogP contribution in [-0.4, -0.2) is 25.5 Å². The van der Waals surface area contributed by atoms with Gasteiger partial charge in [0.2, 0.25) is 0 Å². The van der Waals surface area contributed by atoms with Crippen LogP contribution in [0.15, 0.2) is 29.3 Å². The van der Waals surface area contributed by atoms with Crippen molar-refractivity contribution in [1.82, 2.24) is 10.6 Å². The molecule has 1 aliphatic heterocycles. The SMILES string of the molecule is CN=C1NC(=O)C(C)(c2ccccc2OC(F)F)N1. The number of carbonyl (C=O) groups is 1. The fourth-order valence-electron chi connectivity index (χ4n) is 1.94. The van der Waals surface area contributed by atoms with Gasteiger partial charge in [-0.25, -0.2) is 0 Å². The Labute approximate surface area is 108 Å². The second-order valence-corrected chi connectivity index (χ2v) is 4.15. The highest BCUT2D eigenvalue weighted by molar-refractivity contribution is 6.09. The Hall–Kier alpha value is -2.18. The summed E-state index contributed by atoms with van der Waals surface area (Å²) in [5, 5.41) is 5.39. The smallest absolute Gasteiger partial charge is 0.387 e. The number of nitrogens with one attached hydrogen (secondary N) is 2. The fourth-order valence-corrected chi connectivity index (χ4v) is 1.94. The van der Waals surface area contributed by atoms with Crippen LogP contribution in [0.25, 0.3) is 0 Å². The van der Waals surface area contributed by atoms with Crippen molar-refractivity contribution in [2.75, 3.05) is 7.05 Å². The summed E-state index contributed by atoms with van der Waals surface area (Å²) >= 11 is 0. The number of guanidine groups is 1. The molecule has 1 amide bonds. The molecule has 1 aromatic rings. The Morgan fingerprint density at radius 1 is 1.37 bits per heavy atom. The third-order valence-corrected chi connectivity index (χ3v) is 2.92. The zero-order valence-corrected chi connectivity index (χ0v) is 10.4. The molecule has 2 N–H and O–H groups in total. The van der Waals surface area contributed by atoms with E-state index in [0.29, 0.717) is 11.5 Å². The molecule has 0 bridgehead atoms. The van der Waals surface area contributed by atoms with Gasteiger partial charge in [-0.2, -0.15) is 8.78 Å². The van der Waals surface area contributed by atoms with Crippen LogP contribution in [0.5, 0.6) is 5.75 Å². The van der Waals surface area contributed by atoms with Crippen molar-refractivity contribution >= 4 is 11.9 Å². The summed E-state index contributed by atoms with van der Waals surface area (Å²) in [5.74, 6) is -0.127. The van der Waals surface area contributed by atoms with Crippen LogP contribution < -0.4 is 15.4 Å². The number of hydrogen-bond donors (Lipinski definition) is 2. The van der Waals surface area contributed by atoms with Crippen molar-refractivity contribution in [3.63, 3.8) is 0 Å². The van der Waals surface area contributed by atoms with E-state index in [-0.39, 0.29) is 11.7 Å². The summed E-state index contributed by atoms with van der Waals surface area (Å²) < 4.78 is 29.2. The van der Waals surface area contributed by atoms with Crippen molar-refractivity contribution < 1.29 is 18.3 Å². The predicted molar refractivity (Wildman–Crippen MR) is 65.1 cm³/mol. The molecular formula is C12H13F2N3O2. The molecule has 0 spiro atoms. The molecule has 1 heterocycles. The molecule has 1 aliphatic rings. The molecule has 0 aliphatic carbocycles. The van der Waals surface area contributed by atoms with E-state index >= 15 is 0 Å². The van der Waals surface area contributed by atoms with Gasteiger partial charge < -0.3 is 10.1 Å². The number of aliphatic imine (C=N–C) groups is 1. The van der Waals surface area contributed by atoms with Crippen molar-refractivity contribution in [2.24, 2.45) is 4.99 Å². The number of para-hydroxylation sites is 1. The van der Waals surface area contributed by atoms with Gasteiger partial charge in [0.15, 0.2) is 5.96 Å². The maximum absolute atomic E-state index is 12.4. The Morgan fingerprint density at radius 3 is 2.63 bits per heavy atom. The van der Waals surface area contributed by atoms with Gasteiger partial charge in [-0.1, -0.05) is 18.2 Å². The average Bonchev–Trinajstić information content (AvgIpc) is 2.66. The number of nitrogens with zero attached hydrogens (tertiary/aromatic N) is 1. The summed E-state index contributed by atoms with van der Waals surface area (Å²) in [4.78, 5) is 15.8. The van der Waals surface area contributed by atoms with Gasteiger partial charge in [-0.05, 0) is 13.0 Å². The Morgan fingerprint density at radius 2 is 2.05 bits per heavy atom. The first-order valence-electron chi connectivity index (χ1n) is 5.58. The Bertz CT molecular complexity index is 533. The first-order valence-corrected chi connectivity index (χ1v) is 5.58. The topological polar surface area (TPSA) is 62.7 Å². The minimum atomic E-state index is -2.95. The molecule has 1 fully saturated rings. The molecule has 0 radical (unpaired) electrons. The van der Waals surface area contributed by atoms with Crippen molar-refractivity contribution in [3.05, 3.63) is 29.8 Å². The molecule has 2 rings (SSSR count). The molecule has 5 nitrogen and oxygen atoms in total. The van der Waals surface area contributed by atoms with Crippen molar-refractivity contribution in [1.29, 1.82) is 0 Å². The van der Waals surface area contributed by atoms with Crippen LogP contribution in [0.1, 0.15) is 12.5 Å². The fraction of sp³-hybridized carbons (Fsp3) is 0.333. The number of carbonyl (C=O) groups excluding carboxylic acids is 1. The number of hydrogen-bond acceptors (Lipinski definition) is 3. The van der Waals surface area contributed by atoms with Gasteiger partial charge in [0.05, 0.1) is 0 Å². The molecule has 19 heavy (non-hydrogen) atoms. The number of benzene rings is 1. The van der Waals surface area contributed by atoms with E-state index in [1.807, 2.05) is 0 Å². The zero-order chi connectivity index (χ0) is 14.0. The third kappa shape index (κ3) is 2.35. The molecule has 1 atom stereocenters. The highest BCUT2D eigenvalue weighted by atomic mass is 19.3. The molecule has 1 saturated heterocycles. The van der Waals surface area contributed by atoms with Crippen LogP contribution in [0.4, 0.5) is 8.78 Å². The molecule has 0 aromatic heterocycles. The Balaban J connectivity index is 2.44. The monoisotopic (exact) mass is 269 g/mol. The van der Waals surface area contributed by atoms with Crippen LogP contribution in [0.3, 0.4) is 0 Å². The molecular weight excluding hydrogens is 256 g/mol. The summed E-state index contributed by atoms with van der Waals surface area (Å²) in [5.41, 5.74) is -0.869. The van der Waals surface area contributed by atoms with Crippen LogP contribution in [0, 0.1) is 0 Å². The van der Waals surface area contributed by atoms with Crippen LogP contribution in [0.2, 0.25) is 0 Å². The summed E-state index contributed by atoms with van der Waals surface area (Å²) in [6.45, 7) is -1.37. The predicted octanol–water partition coefficient (Wildman–Crippen LogP) is 1.21. The third-order valence-electron chi connectivity index (χ3n) is 2.92. The highest BCUT2D eigenvalue weighted by Crippen LogP contribution is 2.32. The number of rotatable bonds is 3. The largest absolute Gasteiger partial charge is 0.434 e. The minimum absolute atomic E-state index is 0.0417. The van der Waals surface area contributed by atoms with Gasteiger partial charge >= 0.3 is 6.61 Å². The average molecular weight is 269 g/mol. The first-order chi connectivity index (χ1) is 8.97. The number of alkyl halides is 2. The maximum Gasteiger partial charge on any atom is 0.387 e. The summed E-state index contributed by atoms with van der Waals surface area (Å²) in [6.07, 6.45) is 0. The van der Waals surface area contributed by atoms with Gasteiger partial charge in [0, 0.05) is 12.6 Å². The lowest BCUT2D eigenvalue weighted by molar-refractivity contribution is -0.123.